The third-order valence-corrected chi connectivity index (χ3v) is 5.55. The zero-order valence-corrected chi connectivity index (χ0v) is 11.0. The van der Waals surface area contributed by atoms with Gasteiger partial charge in [-0.15, -0.1) is 0 Å². The lowest BCUT2D eigenvalue weighted by molar-refractivity contribution is -0.145. The van der Waals surface area contributed by atoms with Crippen LogP contribution in [0.1, 0.15) is 52.4 Å². The second-order valence-corrected chi connectivity index (χ2v) is 7.18. The smallest absolute Gasteiger partial charge is 0.0650 e. The third-order valence-electron chi connectivity index (χ3n) is 5.55. The van der Waals surface area contributed by atoms with E-state index < -0.39 is 0 Å². The minimum Gasteiger partial charge on any atom is -0.381 e. The highest BCUT2D eigenvalue weighted by Gasteiger charge is 2.54. The average molecular weight is 222 g/mol. The fourth-order valence-corrected chi connectivity index (χ4v) is 5.76. The van der Waals surface area contributed by atoms with Gasteiger partial charge in [0.1, 0.15) is 0 Å². The molecule has 0 saturated heterocycles. The molecular weight excluding hydrogens is 196 g/mol. The number of methoxy groups -OCH3 is 1. The molecule has 0 aromatic heterocycles. The zero-order valence-electron chi connectivity index (χ0n) is 11.0. The number of hydrogen-bond donors (Lipinski definition) is 0. The second kappa shape index (κ2) is 3.73. The summed E-state index contributed by atoms with van der Waals surface area (Å²) in [6, 6.07) is 0. The summed E-state index contributed by atoms with van der Waals surface area (Å²) in [5.74, 6) is 3.81. The van der Waals surface area contributed by atoms with Gasteiger partial charge in [0, 0.05) is 7.11 Å². The van der Waals surface area contributed by atoms with Gasteiger partial charge in [0.2, 0.25) is 0 Å². The molecule has 0 aliphatic heterocycles. The first-order valence-electron chi connectivity index (χ1n) is 7.16. The zero-order chi connectivity index (χ0) is 11.3. The van der Waals surface area contributed by atoms with E-state index >= 15 is 0 Å². The Morgan fingerprint density at radius 1 is 0.938 bits per heavy atom. The summed E-state index contributed by atoms with van der Waals surface area (Å²) in [5.41, 5.74) is 0.567. The molecule has 4 aliphatic carbocycles. The Hall–Kier alpha value is -0.0400. The minimum absolute atomic E-state index is 0.515. The van der Waals surface area contributed by atoms with E-state index in [4.69, 9.17) is 4.74 Å². The van der Waals surface area contributed by atoms with Crippen molar-refractivity contribution in [3.63, 3.8) is 0 Å². The van der Waals surface area contributed by atoms with Crippen LogP contribution in [0.15, 0.2) is 0 Å². The van der Waals surface area contributed by atoms with Crippen LogP contribution in [0.3, 0.4) is 0 Å². The Kier molecular flexibility index (Phi) is 2.58. The monoisotopic (exact) mass is 222 g/mol. The molecule has 0 N–H and O–H groups in total. The summed E-state index contributed by atoms with van der Waals surface area (Å²) >= 11 is 0. The van der Waals surface area contributed by atoms with Crippen molar-refractivity contribution in [1.29, 1.82) is 0 Å². The maximum atomic E-state index is 5.90. The molecule has 1 heteroatoms. The molecule has 0 heterocycles. The van der Waals surface area contributed by atoms with Crippen molar-refractivity contribution < 1.29 is 4.74 Å². The first-order chi connectivity index (χ1) is 7.63. The molecule has 0 aromatic carbocycles. The van der Waals surface area contributed by atoms with E-state index in [0.717, 1.165) is 17.8 Å². The molecule has 92 valence electrons. The Balaban J connectivity index is 1.87. The Labute approximate surface area is 99.9 Å². The van der Waals surface area contributed by atoms with Gasteiger partial charge in [-0.25, -0.2) is 0 Å². The lowest BCUT2D eigenvalue weighted by Gasteiger charge is -2.59. The van der Waals surface area contributed by atoms with Gasteiger partial charge in [-0.05, 0) is 67.6 Å². The van der Waals surface area contributed by atoms with Gasteiger partial charge in [-0.2, -0.15) is 0 Å². The lowest BCUT2D eigenvalue weighted by Crippen LogP contribution is -2.53. The molecule has 0 amide bonds. The van der Waals surface area contributed by atoms with E-state index in [-0.39, 0.29) is 0 Å². The second-order valence-electron chi connectivity index (χ2n) is 7.18. The van der Waals surface area contributed by atoms with Crippen LogP contribution >= 0.6 is 0 Å². The molecule has 1 nitrogen and oxygen atoms in total. The van der Waals surface area contributed by atoms with E-state index in [1.165, 1.54) is 38.5 Å². The first-order valence-corrected chi connectivity index (χ1v) is 7.16. The van der Waals surface area contributed by atoms with Crippen molar-refractivity contribution in [3.8, 4) is 0 Å². The van der Waals surface area contributed by atoms with Crippen LogP contribution in [-0.4, -0.2) is 13.2 Å². The van der Waals surface area contributed by atoms with E-state index in [2.05, 4.69) is 13.8 Å². The van der Waals surface area contributed by atoms with Crippen LogP contribution in [0.5, 0.6) is 0 Å². The van der Waals surface area contributed by atoms with Gasteiger partial charge in [0.05, 0.1) is 6.10 Å². The highest BCUT2D eigenvalue weighted by Crippen LogP contribution is 2.62. The van der Waals surface area contributed by atoms with Crippen LogP contribution in [0.2, 0.25) is 0 Å². The number of rotatable bonds is 3. The summed E-state index contributed by atoms with van der Waals surface area (Å²) < 4.78 is 5.90. The maximum absolute atomic E-state index is 5.90. The number of hydrogen-bond acceptors (Lipinski definition) is 1. The quantitative estimate of drug-likeness (QED) is 0.704. The van der Waals surface area contributed by atoms with Gasteiger partial charge in [-0.3, -0.25) is 0 Å². The maximum Gasteiger partial charge on any atom is 0.0650 e. The summed E-state index contributed by atoms with van der Waals surface area (Å²) in [6.07, 6.45) is 9.53. The molecule has 4 rings (SSSR count). The van der Waals surface area contributed by atoms with Crippen molar-refractivity contribution in [2.45, 2.75) is 58.5 Å². The van der Waals surface area contributed by atoms with Crippen LogP contribution in [0.25, 0.3) is 0 Å². The van der Waals surface area contributed by atoms with Crippen molar-refractivity contribution >= 4 is 0 Å². The summed E-state index contributed by atoms with van der Waals surface area (Å²) in [5, 5.41) is 0. The molecule has 4 fully saturated rings. The largest absolute Gasteiger partial charge is 0.381 e. The number of ether oxygens (including phenoxy) is 1. The van der Waals surface area contributed by atoms with Gasteiger partial charge >= 0.3 is 0 Å². The topological polar surface area (TPSA) is 9.23 Å². The fraction of sp³-hybridized carbons (Fsp3) is 1.00. The van der Waals surface area contributed by atoms with Crippen molar-refractivity contribution in [1.82, 2.24) is 0 Å². The van der Waals surface area contributed by atoms with Crippen molar-refractivity contribution in [2.75, 3.05) is 7.11 Å². The molecule has 0 unspecified atom stereocenters. The van der Waals surface area contributed by atoms with Gasteiger partial charge in [0.15, 0.2) is 0 Å². The average Bonchev–Trinajstić information content (AvgIpc) is 2.14. The Morgan fingerprint density at radius 3 is 1.69 bits per heavy atom. The molecule has 4 saturated carbocycles. The molecule has 4 aliphatic rings. The van der Waals surface area contributed by atoms with E-state index in [0.29, 0.717) is 17.4 Å². The molecule has 16 heavy (non-hydrogen) atoms. The third kappa shape index (κ3) is 1.54. The normalized spacial score (nSPS) is 47.6. The minimum atomic E-state index is 0.515. The SMILES string of the molecule is CO[C@@H](C(C)C)C12CC3CC(CC(C3)C1)C2. The van der Waals surface area contributed by atoms with Crippen LogP contribution in [0, 0.1) is 29.1 Å². The summed E-state index contributed by atoms with van der Waals surface area (Å²) in [7, 11) is 1.93. The molecule has 4 bridgehead atoms. The van der Waals surface area contributed by atoms with E-state index in [1.54, 1.807) is 0 Å². The van der Waals surface area contributed by atoms with Crippen LogP contribution in [-0.2, 0) is 4.74 Å². The van der Waals surface area contributed by atoms with E-state index in [9.17, 15) is 0 Å². The Bertz CT molecular complexity index is 233. The molecule has 1 atom stereocenters. The standard InChI is InChI=1S/C15H26O/c1-10(2)14(16-3)15-7-11-4-12(8-15)6-13(5-11)9-15/h10-14H,4-9H2,1-3H3/t11?,12?,13?,14-,15?/m0/s1. The molecule has 0 radical (unpaired) electrons. The van der Waals surface area contributed by atoms with E-state index in [1.807, 2.05) is 7.11 Å². The molecule has 0 aromatic rings. The predicted octanol–water partition coefficient (Wildman–Crippen LogP) is 3.87. The highest BCUT2D eigenvalue weighted by molar-refractivity contribution is 5.05. The van der Waals surface area contributed by atoms with Crippen LogP contribution < -0.4 is 0 Å². The molecular formula is C15H26O. The van der Waals surface area contributed by atoms with Gasteiger partial charge in [-0.1, -0.05) is 13.8 Å². The Morgan fingerprint density at radius 2 is 1.38 bits per heavy atom. The summed E-state index contributed by atoms with van der Waals surface area (Å²) in [6.45, 7) is 4.68. The van der Waals surface area contributed by atoms with Gasteiger partial charge < -0.3 is 4.74 Å². The summed E-state index contributed by atoms with van der Waals surface area (Å²) in [4.78, 5) is 0. The van der Waals surface area contributed by atoms with Crippen molar-refractivity contribution in [3.05, 3.63) is 0 Å². The predicted molar refractivity (Wildman–Crippen MR) is 66.2 cm³/mol. The van der Waals surface area contributed by atoms with Gasteiger partial charge in [0.25, 0.3) is 0 Å². The van der Waals surface area contributed by atoms with Crippen LogP contribution in [0.4, 0.5) is 0 Å². The highest BCUT2D eigenvalue weighted by atomic mass is 16.5. The molecule has 0 spiro atoms. The first kappa shape index (κ1) is 11.1. The van der Waals surface area contributed by atoms with Crippen molar-refractivity contribution in [2.24, 2.45) is 29.1 Å². The lowest BCUT2D eigenvalue weighted by atomic mass is 9.47. The fourth-order valence-electron chi connectivity index (χ4n) is 5.76.